The summed E-state index contributed by atoms with van der Waals surface area (Å²) in [5, 5.41) is 0. The number of hydrogen-bond donors (Lipinski definition) is 0. The molecule has 0 amide bonds. The van der Waals surface area contributed by atoms with Gasteiger partial charge in [0.1, 0.15) is 12.4 Å². The minimum atomic E-state index is 0.218. The molecular formula is C14H22ClNO2. The molecule has 102 valence electrons. The van der Waals surface area contributed by atoms with Crippen molar-refractivity contribution in [2.75, 3.05) is 0 Å². The average molecular weight is 272 g/mol. The minimum Gasteiger partial charge on any atom is -0.447 e. The molecule has 0 saturated heterocycles. The highest BCUT2D eigenvalue weighted by Gasteiger charge is 2.33. The standard InChI is InChI=1S/C14H22ClNO2/c1-9(2)12-5-4-10(3)6-13(12)18-14-16-11(7-15)8-17-14/h8-10,12-13H,4-7H2,1-3H3. The summed E-state index contributed by atoms with van der Waals surface area (Å²) in [5.74, 6) is 2.30. The fourth-order valence-electron chi connectivity index (χ4n) is 2.78. The highest BCUT2D eigenvalue weighted by atomic mass is 35.5. The van der Waals surface area contributed by atoms with Gasteiger partial charge in [-0.1, -0.05) is 27.2 Å². The SMILES string of the molecule is CC1CCC(C(C)C)C(Oc2nc(CCl)co2)C1. The largest absolute Gasteiger partial charge is 0.447 e. The zero-order valence-electron chi connectivity index (χ0n) is 11.4. The molecular weight excluding hydrogens is 250 g/mol. The number of nitrogens with zero attached hydrogens (tertiary/aromatic N) is 1. The average Bonchev–Trinajstić information content (AvgIpc) is 2.76. The third-order valence-electron chi connectivity index (χ3n) is 3.88. The van der Waals surface area contributed by atoms with Gasteiger partial charge in [-0.15, -0.1) is 11.6 Å². The van der Waals surface area contributed by atoms with Crippen LogP contribution >= 0.6 is 11.6 Å². The van der Waals surface area contributed by atoms with Crippen LogP contribution < -0.4 is 4.74 Å². The van der Waals surface area contributed by atoms with E-state index in [1.54, 1.807) is 6.26 Å². The smallest absolute Gasteiger partial charge is 0.394 e. The first-order valence-electron chi connectivity index (χ1n) is 6.77. The molecule has 0 aliphatic heterocycles. The van der Waals surface area contributed by atoms with Crippen molar-refractivity contribution in [2.24, 2.45) is 17.8 Å². The third-order valence-corrected chi connectivity index (χ3v) is 4.15. The molecule has 0 bridgehead atoms. The van der Waals surface area contributed by atoms with Crippen LogP contribution in [0.3, 0.4) is 0 Å². The fraction of sp³-hybridized carbons (Fsp3) is 0.786. The number of alkyl halides is 1. The molecule has 0 N–H and O–H groups in total. The molecule has 1 aliphatic carbocycles. The van der Waals surface area contributed by atoms with E-state index in [1.165, 1.54) is 12.8 Å². The lowest BCUT2D eigenvalue weighted by Crippen LogP contribution is -2.36. The minimum absolute atomic E-state index is 0.218. The maximum absolute atomic E-state index is 5.95. The fourth-order valence-corrected chi connectivity index (χ4v) is 2.91. The molecule has 3 atom stereocenters. The van der Waals surface area contributed by atoms with Crippen molar-refractivity contribution in [3.63, 3.8) is 0 Å². The van der Waals surface area contributed by atoms with Crippen LogP contribution in [0.25, 0.3) is 0 Å². The zero-order valence-corrected chi connectivity index (χ0v) is 12.1. The van der Waals surface area contributed by atoms with Crippen LogP contribution in [0.1, 0.15) is 45.7 Å². The normalized spacial score (nSPS) is 28.6. The van der Waals surface area contributed by atoms with Crippen molar-refractivity contribution < 1.29 is 9.15 Å². The first-order chi connectivity index (χ1) is 8.60. The Bertz CT molecular complexity index is 378. The summed E-state index contributed by atoms with van der Waals surface area (Å²) in [5.41, 5.74) is 0.733. The topological polar surface area (TPSA) is 35.3 Å². The molecule has 1 aromatic rings. The maximum atomic E-state index is 5.95. The summed E-state index contributed by atoms with van der Waals surface area (Å²) >= 11 is 5.71. The third kappa shape index (κ3) is 3.19. The molecule has 1 fully saturated rings. The Kier molecular flexibility index (Phi) is 4.55. The molecule has 4 heteroatoms. The summed E-state index contributed by atoms with van der Waals surface area (Å²) in [6.07, 6.45) is 5.76. The molecule has 0 spiro atoms. The van der Waals surface area contributed by atoms with E-state index in [0.29, 0.717) is 29.7 Å². The summed E-state index contributed by atoms with van der Waals surface area (Å²) in [6.45, 7) is 6.81. The molecule has 1 saturated carbocycles. The van der Waals surface area contributed by atoms with Crippen molar-refractivity contribution in [2.45, 2.75) is 52.0 Å². The summed E-state index contributed by atoms with van der Waals surface area (Å²) in [4.78, 5) is 4.22. The lowest BCUT2D eigenvalue weighted by molar-refractivity contribution is 0.0245. The van der Waals surface area contributed by atoms with Crippen LogP contribution in [-0.4, -0.2) is 11.1 Å². The van der Waals surface area contributed by atoms with Crippen LogP contribution in [0.15, 0.2) is 10.7 Å². The van der Waals surface area contributed by atoms with Gasteiger partial charge in [-0.2, -0.15) is 4.98 Å². The molecule has 1 heterocycles. The van der Waals surface area contributed by atoms with Gasteiger partial charge in [-0.3, -0.25) is 0 Å². The van der Waals surface area contributed by atoms with Gasteiger partial charge in [-0.25, -0.2) is 0 Å². The second-order valence-corrected chi connectivity index (χ2v) is 5.99. The van der Waals surface area contributed by atoms with Gasteiger partial charge in [0.2, 0.25) is 0 Å². The number of oxazole rings is 1. The van der Waals surface area contributed by atoms with Crippen LogP contribution in [0.4, 0.5) is 0 Å². The van der Waals surface area contributed by atoms with Gasteiger partial charge >= 0.3 is 6.08 Å². The number of ether oxygens (including phenoxy) is 1. The Labute approximate surface area is 114 Å². The quantitative estimate of drug-likeness (QED) is 0.768. The predicted molar refractivity (Wildman–Crippen MR) is 71.8 cm³/mol. The van der Waals surface area contributed by atoms with E-state index in [1.807, 2.05) is 0 Å². The first kappa shape index (κ1) is 13.7. The van der Waals surface area contributed by atoms with Crippen molar-refractivity contribution in [3.05, 3.63) is 12.0 Å². The van der Waals surface area contributed by atoms with Gasteiger partial charge in [0.05, 0.1) is 11.6 Å². The molecule has 1 aliphatic rings. The van der Waals surface area contributed by atoms with Gasteiger partial charge < -0.3 is 9.15 Å². The molecule has 0 aromatic carbocycles. The number of aromatic nitrogens is 1. The van der Waals surface area contributed by atoms with E-state index in [2.05, 4.69) is 25.8 Å². The lowest BCUT2D eigenvalue weighted by atomic mass is 9.75. The Morgan fingerprint density at radius 3 is 2.89 bits per heavy atom. The second-order valence-electron chi connectivity index (χ2n) is 5.72. The molecule has 1 aromatic heterocycles. The van der Waals surface area contributed by atoms with E-state index in [0.717, 1.165) is 12.1 Å². The van der Waals surface area contributed by atoms with Crippen LogP contribution in [0.2, 0.25) is 0 Å². The summed E-state index contributed by atoms with van der Waals surface area (Å²) in [7, 11) is 0. The van der Waals surface area contributed by atoms with Crippen molar-refractivity contribution in [1.82, 2.24) is 4.98 Å². The number of hydrogen-bond acceptors (Lipinski definition) is 3. The second kappa shape index (κ2) is 5.96. The zero-order chi connectivity index (χ0) is 13.1. The van der Waals surface area contributed by atoms with Crippen molar-refractivity contribution in [3.8, 4) is 6.08 Å². The van der Waals surface area contributed by atoms with Gasteiger partial charge in [0.15, 0.2) is 0 Å². The van der Waals surface area contributed by atoms with Crippen molar-refractivity contribution in [1.29, 1.82) is 0 Å². The van der Waals surface area contributed by atoms with Gasteiger partial charge in [0, 0.05) is 0 Å². The Morgan fingerprint density at radius 1 is 1.50 bits per heavy atom. The van der Waals surface area contributed by atoms with Crippen LogP contribution in [-0.2, 0) is 5.88 Å². The monoisotopic (exact) mass is 271 g/mol. The van der Waals surface area contributed by atoms with E-state index >= 15 is 0 Å². The Hall–Kier alpha value is -0.700. The Morgan fingerprint density at radius 2 is 2.28 bits per heavy atom. The summed E-state index contributed by atoms with van der Waals surface area (Å²) < 4.78 is 11.2. The van der Waals surface area contributed by atoms with Crippen molar-refractivity contribution >= 4 is 11.6 Å². The van der Waals surface area contributed by atoms with E-state index < -0.39 is 0 Å². The molecule has 0 radical (unpaired) electrons. The highest BCUT2D eigenvalue weighted by Crippen LogP contribution is 2.35. The van der Waals surface area contributed by atoms with E-state index in [-0.39, 0.29) is 6.10 Å². The Balaban J connectivity index is 2.03. The maximum Gasteiger partial charge on any atom is 0.394 e. The predicted octanol–water partition coefficient (Wildman–Crippen LogP) is 4.25. The van der Waals surface area contributed by atoms with Gasteiger partial charge in [0.25, 0.3) is 0 Å². The lowest BCUT2D eigenvalue weighted by Gasteiger charge is -2.36. The van der Waals surface area contributed by atoms with E-state index in [4.69, 9.17) is 20.8 Å². The molecule has 3 nitrogen and oxygen atoms in total. The van der Waals surface area contributed by atoms with Crippen LogP contribution in [0.5, 0.6) is 6.08 Å². The molecule has 2 rings (SSSR count). The van der Waals surface area contributed by atoms with E-state index in [9.17, 15) is 0 Å². The number of rotatable bonds is 4. The highest BCUT2D eigenvalue weighted by molar-refractivity contribution is 6.16. The molecule has 18 heavy (non-hydrogen) atoms. The van der Waals surface area contributed by atoms with Crippen LogP contribution in [0, 0.1) is 17.8 Å². The summed E-state index contributed by atoms with van der Waals surface area (Å²) in [6, 6.07) is 0. The molecule has 3 unspecified atom stereocenters. The first-order valence-corrected chi connectivity index (χ1v) is 7.30. The number of halogens is 1. The van der Waals surface area contributed by atoms with Gasteiger partial charge in [-0.05, 0) is 30.6 Å².